The fourth-order valence-corrected chi connectivity index (χ4v) is 12.0. The minimum Gasteiger partial charge on any atom is -0.505 e. The molecule has 0 spiro atoms. The van der Waals surface area contributed by atoms with E-state index in [1.165, 1.54) is 105 Å². The Kier molecular flexibility index (Phi) is 23.0. The van der Waals surface area contributed by atoms with E-state index >= 15 is 0 Å². The number of anilines is 1. The Morgan fingerprint density at radius 2 is 1.24 bits per heavy atom. The predicted molar refractivity (Wildman–Crippen MR) is 296 cm³/mol. The van der Waals surface area contributed by atoms with Gasteiger partial charge in [-0.1, -0.05) is 201 Å². The van der Waals surface area contributed by atoms with Crippen molar-refractivity contribution in [1.29, 1.82) is 0 Å². The molecule has 2 heterocycles. The van der Waals surface area contributed by atoms with E-state index in [-0.39, 0.29) is 39.5 Å². The number of nitrogens with zero attached hydrogens (tertiary/aromatic N) is 4. The van der Waals surface area contributed by atoms with Gasteiger partial charge in [0, 0.05) is 6.54 Å². The molecule has 0 saturated carbocycles. The number of amides is 1. The van der Waals surface area contributed by atoms with Crippen LogP contribution < -0.4 is 14.8 Å². The molecule has 5 rings (SSSR count). The third-order valence-electron chi connectivity index (χ3n) is 13.9. The first-order chi connectivity index (χ1) is 34.4. The number of rotatable bonds is 32. The molecule has 0 radical (unpaired) electrons. The van der Waals surface area contributed by atoms with Crippen LogP contribution >= 0.6 is 0 Å². The Balaban J connectivity index is 1.28. The molecular weight excluding hydrogens is 919 g/mol. The average Bonchev–Trinajstić information content (AvgIpc) is 3.74. The molecule has 0 fully saturated rings. The summed E-state index contributed by atoms with van der Waals surface area (Å²) in [5.74, 6) is 2.07. The Hall–Kier alpha value is -4.84. The van der Waals surface area contributed by atoms with Gasteiger partial charge in [-0.15, -0.1) is 0 Å². The maximum Gasteiger partial charge on any atom is 0.267 e. The fraction of sp³-hybridized carbons (Fsp3) is 0.617. The van der Waals surface area contributed by atoms with Crippen molar-refractivity contribution in [3.05, 3.63) is 85.2 Å². The molecule has 72 heavy (non-hydrogen) atoms. The predicted octanol–water partition coefficient (Wildman–Crippen LogP) is 16.5. The van der Waals surface area contributed by atoms with Crippen molar-refractivity contribution < 1.29 is 27.8 Å². The summed E-state index contributed by atoms with van der Waals surface area (Å²) in [5, 5.41) is 17.9. The number of sulfonamides is 1. The van der Waals surface area contributed by atoms with Crippen LogP contribution in [0.25, 0.3) is 0 Å². The molecule has 12 heteroatoms. The quantitative estimate of drug-likeness (QED) is 0.0465. The second-order valence-electron chi connectivity index (χ2n) is 23.2. The first kappa shape index (κ1) is 58.1. The maximum absolute atomic E-state index is 14.9. The standard InChI is InChI=1S/C60H91N5O6S/c1-10-11-12-13-14-15-16-17-18-19-20-21-22-23-24-31-40-65-57(62-51-33-26-30-37-55(51)72(65,68)69)56(64-44-49(66)43-61-64)58(67)63-50-32-25-27-34-52(50)71-54-36-29-28-35-53(54)70-45-48(47(3)42-60(7,8)9)39-38-46(2)41-59(4,5)6/h25-30,32-37,43-44,46-48,56,66H,10-24,31,38-42,45H2,1-9H3,(H,63,67). The molecule has 1 aromatic heterocycles. The lowest BCUT2D eigenvalue weighted by atomic mass is 9.76. The molecule has 0 bridgehead atoms. The summed E-state index contributed by atoms with van der Waals surface area (Å²) in [6.45, 7) is 21.5. The van der Waals surface area contributed by atoms with Gasteiger partial charge in [-0.3, -0.25) is 9.10 Å². The van der Waals surface area contributed by atoms with Gasteiger partial charge in [0.2, 0.25) is 0 Å². The van der Waals surface area contributed by atoms with Gasteiger partial charge in [-0.25, -0.2) is 18.1 Å². The number of aromatic hydroxyl groups is 1. The molecule has 1 aliphatic rings. The lowest BCUT2D eigenvalue weighted by Crippen LogP contribution is -2.47. The van der Waals surface area contributed by atoms with Gasteiger partial charge in [0.05, 0.1) is 30.4 Å². The molecule has 1 aliphatic heterocycles. The topological polar surface area (TPSA) is 135 Å². The van der Waals surface area contributed by atoms with E-state index in [0.717, 1.165) is 38.5 Å². The van der Waals surface area contributed by atoms with Gasteiger partial charge >= 0.3 is 0 Å². The van der Waals surface area contributed by atoms with Gasteiger partial charge in [-0.2, -0.15) is 5.10 Å². The van der Waals surface area contributed by atoms with Crippen molar-refractivity contribution in [3.63, 3.8) is 0 Å². The minimum atomic E-state index is -4.12. The van der Waals surface area contributed by atoms with Crippen LogP contribution in [0.4, 0.5) is 11.4 Å². The molecule has 4 unspecified atom stereocenters. The molecule has 0 aliphatic carbocycles. The smallest absolute Gasteiger partial charge is 0.267 e. The first-order valence-electron chi connectivity index (χ1n) is 27.6. The number of carbonyl (C=O) groups excluding carboxylic acids is 1. The highest BCUT2D eigenvalue weighted by atomic mass is 32.2. The van der Waals surface area contributed by atoms with Gasteiger partial charge in [-0.05, 0) is 90.7 Å². The van der Waals surface area contributed by atoms with Gasteiger partial charge in [0.15, 0.2) is 34.9 Å². The van der Waals surface area contributed by atoms with E-state index in [1.54, 1.807) is 42.5 Å². The Morgan fingerprint density at radius 3 is 1.82 bits per heavy atom. The number of para-hydroxylation sites is 5. The van der Waals surface area contributed by atoms with Crippen LogP contribution in [-0.2, 0) is 14.8 Å². The Labute approximate surface area is 435 Å². The number of hydrogen-bond acceptors (Lipinski definition) is 8. The van der Waals surface area contributed by atoms with Crippen molar-refractivity contribution in [2.24, 2.45) is 33.6 Å². The highest BCUT2D eigenvalue weighted by Gasteiger charge is 2.41. The lowest BCUT2D eigenvalue weighted by Gasteiger charge is -2.33. The molecule has 1 amide bonds. The van der Waals surface area contributed by atoms with Crippen molar-refractivity contribution in [2.45, 2.75) is 202 Å². The van der Waals surface area contributed by atoms with Crippen molar-refractivity contribution in [2.75, 3.05) is 18.5 Å². The maximum atomic E-state index is 14.9. The van der Waals surface area contributed by atoms with Crippen LogP contribution in [0, 0.1) is 28.6 Å². The van der Waals surface area contributed by atoms with Gasteiger partial charge in [0.25, 0.3) is 15.9 Å². The largest absolute Gasteiger partial charge is 0.505 e. The number of carbonyl (C=O) groups is 1. The molecule has 4 aromatic rings. The average molecular weight is 1010 g/mol. The molecule has 4 atom stereocenters. The third-order valence-corrected chi connectivity index (χ3v) is 15.7. The molecule has 11 nitrogen and oxygen atoms in total. The number of fused-ring (bicyclic) bond motifs is 1. The zero-order chi connectivity index (χ0) is 52.2. The fourth-order valence-electron chi connectivity index (χ4n) is 10.4. The van der Waals surface area contributed by atoms with Crippen molar-refractivity contribution >= 4 is 33.1 Å². The van der Waals surface area contributed by atoms with Gasteiger partial charge in [0.1, 0.15) is 4.90 Å². The summed E-state index contributed by atoms with van der Waals surface area (Å²) < 4.78 is 44.9. The summed E-state index contributed by atoms with van der Waals surface area (Å²) in [6, 6.07) is 20.0. The SMILES string of the molecule is CCCCCCCCCCCCCCCCCCN1C(C(C(=O)Nc2ccccc2Oc2ccccc2OCC(CCC(C)CC(C)(C)C)C(C)CC(C)(C)C)n2cc(O)cn2)=Nc2ccccc2S1(=O)=O. The second kappa shape index (κ2) is 28.6. The molecule has 3 aromatic carbocycles. The van der Waals surface area contributed by atoms with E-state index in [9.17, 15) is 18.3 Å². The van der Waals surface area contributed by atoms with Crippen LogP contribution in [0.5, 0.6) is 23.0 Å². The number of amidine groups is 1. The first-order valence-corrected chi connectivity index (χ1v) is 29.0. The number of aliphatic imine (C=N–C) groups is 1. The van der Waals surface area contributed by atoms with E-state index in [1.807, 2.05) is 30.3 Å². The van der Waals surface area contributed by atoms with E-state index in [4.69, 9.17) is 14.5 Å². The highest BCUT2D eigenvalue weighted by molar-refractivity contribution is 7.90. The van der Waals surface area contributed by atoms with Crippen molar-refractivity contribution in [1.82, 2.24) is 14.1 Å². The van der Waals surface area contributed by atoms with Crippen LogP contribution in [0.2, 0.25) is 0 Å². The summed E-state index contributed by atoms with van der Waals surface area (Å²) in [4.78, 5) is 19.8. The van der Waals surface area contributed by atoms with Crippen LogP contribution in [-0.4, -0.2) is 52.5 Å². The molecule has 0 saturated heterocycles. The Bertz CT molecular complexity index is 2380. The van der Waals surface area contributed by atoms with E-state index < -0.39 is 22.0 Å². The molecule has 2 N–H and O–H groups in total. The normalized spacial score (nSPS) is 15.3. The monoisotopic (exact) mass is 1010 g/mol. The van der Waals surface area contributed by atoms with E-state index in [2.05, 4.69) is 72.7 Å². The summed E-state index contributed by atoms with van der Waals surface area (Å²) >= 11 is 0. The summed E-state index contributed by atoms with van der Waals surface area (Å²) in [6.07, 6.45) is 26.2. The van der Waals surface area contributed by atoms with Crippen LogP contribution in [0.3, 0.4) is 0 Å². The Morgan fingerprint density at radius 1 is 0.694 bits per heavy atom. The van der Waals surface area contributed by atoms with Crippen LogP contribution in [0.15, 0.2) is 95.1 Å². The number of hydrogen-bond donors (Lipinski definition) is 2. The van der Waals surface area contributed by atoms with Crippen molar-refractivity contribution in [3.8, 4) is 23.0 Å². The number of aromatic nitrogens is 2. The number of nitrogens with one attached hydrogen (secondary N) is 1. The molecular formula is C60H91N5O6S. The summed E-state index contributed by atoms with van der Waals surface area (Å²) in [5.41, 5.74) is 1.05. The highest BCUT2D eigenvalue weighted by Crippen LogP contribution is 2.40. The number of unbranched alkanes of at least 4 members (excludes halogenated alkanes) is 15. The van der Waals surface area contributed by atoms with Crippen LogP contribution in [0.1, 0.15) is 197 Å². The molecule has 398 valence electrons. The van der Waals surface area contributed by atoms with Gasteiger partial charge < -0.3 is 19.9 Å². The van der Waals surface area contributed by atoms with E-state index in [0.29, 0.717) is 53.7 Å². The lowest BCUT2D eigenvalue weighted by molar-refractivity contribution is -0.117. The summed E-state index contributed by atoms with van der Waals surface area (Å²) in [7, 11) is -4.12. The zero-order valence-electron chi connectivity index (χ0n) is 45.6. The third kappa shape index (κ3) is 18.9. The second-order valence-corrected chi connectivity index (χ2v) is 25.0. The zero-order valence-corrected chi connectivity index (χ0v) is 46.5. The number of benzene rings is 3. The number of ether oxygens (including phenoxy) is 2. The minimum absolute atomic E-state index is 0.00422.